The third-order valence-corrected chi connectivity index (χ3v) is 2.54. The smallest absolute Gasteiger partial charge is 0.0463 e. The molecule has 1 rings (SSSR count). The molecule has 0 radical (unpaired) electrons. The van der Waals surface area contributed by atoms with E-state index >= 15 is 0 Å². The third-order valence-electron chi connectivity index (χ3n) is 2.54. The topological polar surface area (TPSA) is 38.0 Å². The molecule has 1 atom stereocenters. The molecule has 1 aromatic carbocycles. The molecule has 82 valence electrons. The number of allylic oxidation sites excluding steroid dienone is 1. The Hall–Kier alpha value is -1.12. The first-order chi connectivity index (χ1) is 7.13. The van der Waals surface area contributed by atoms with Gasteiger partial charge in [0.2, 0.25) is 0 Å². The van der Waals surface area contributed by atoms with Gasteiger partial charge in [-0.3, -0.25) is 11.3 Å². The highest BCUT2D eigenvalue weighted by Crippen LogP contribution is 2.19. The summed E-state index contributed by atoms with van der Waals surface area (Å²) in [5.41, 5.74) is 6.56. The molecule has 0 amide bonds. The van der Waals surface area contributed by atoms with Crippen molar-refractivity contribution >= 4 is 0 Å². The van der Waals surface area contributed by atoms with Crippen LogP contribution < -0.4 is 11.3 Å². The van der Waals surface area contributed by atoms with Crippen molar-refractivity contribution < 1.29 is 0 Å². The van der Waals surface area contributed by atoms with E-state index in [1.807, 2.05) is 6.92 Å². The summed E-state index contributed by atoms with van der Waals surface area (Å²) in [5, 5.41) is 0. The van der Waals surface area contributed by atoms with Gasteiger partial charge in [-0.05, 0) is 32.3 Å². The zero-order valence-corrected chi connectivity index (χ0v) is 9.59. The second kappa shape index (κ2) is 5.69. The van der Waals surface area contributed by atoms with E-state index in [9.17, 15) is 0 Å². The van der Waals surface area contributed by atoms with Gasteiger partial charge in [-0.15, -0.1) is 6.58 Å². The number of nitrogens with one attached hydrogen (secondary N) is 1. The fourth-order valence-corrected chi connectivity index (χ4v) is 1.54. The molecule has 0 aliphatic heterocycles. The van der Waals surface area contributed by atoms with Gasteiger partial charge in [0.15, 0.2) is 0 Å². The molecule has 0 spiro atoms. The van der Waals surface area contributed by atoms with Crippen LogP contribution in [0.2, 0.25) is 0 Å². The Morgan fingerprint density at radius 2 is 2.00 bits per heavy atom. The summed E-state index contributed by atoms with van der Waals surface area (Å²) in [6.45, 7) is 8.03. The monoisotopic (exact) mass is 204 g/mol. The molecule has 0 heterocycles. The summed E-state index contributed by atoms with van der Waals surface area (Å²) in [6, 6.07) is 8.69. The molecule has 1 aromatic rings. The van der Waals surface area contributed by atoms with Crippen LogP contribution in [-0.4, -0.2) is 0 Å². The minimum Gasteiger partial charge on any atom is -0.271 e. The molecular weight excluding hydrogens is 184 g/mol. The van der Waals surface area contributed by atoms with E-state index < -0.39 is 0 Å². The Morgan fingerprint density at radius 3 is 2.47 bits per heavy atom. The van der Waals surface area contributed by atoms with Gasteiger partial charge in [-0.1, -0.05) is 35.4 Å². The van der Waals surface area contributed by atoms with Crippen LogP contribution in [0.3, 0.4) is 0 Å². The maximum atomic E-state index is 5.55. The molecule has 0 aliphatic carbocycles. The summed E-state index contributed by atoms with van der Waals surface area (Å²) in [7, 11) is 0. The molecule has 1 unspecified atom stereocenters. The molecule has 0 aliphatic rings. The number of nitrogens with two attached hydrogens (primary N) is 1. The van der Waals surface area contributed by atoms with Crippen LogP contribution in [0, 0.1) is 6.92 Å². The van der Waals surface area contributed by atoms with Crippen molar-refractivity contribution in [2.24, 2.45) is 5.84 Å². The summed E-state index contributed by atoms with van der Waals surface area (Å²) in [4.78, 5) is 0. The number of hydrogen-bond acceptors (Lipinski definition) is 2. The van der Waals surface area contributed by atoms with Gasteiger partial charge < -0.3 is 0 Å². The fourth-order valence-electron chi connectivity index (χ4n) is 1.54. The highest BCUT2D eigenvalue weighted by Gasteiger charge is 2.08. The minimum absolute atomic E-state index is 0.224. The van der Waals surface area contributed by atoms with Crippen molar-refractivity contribution in [2.75, 3.05) is 0 Å². The van der Waals surface area contributed by atoms with Crippen LogP contribution in [0.25, 0.3) is 0 Å². The predicted molar refractivity (Wildman–Crippen MR) is 65.3 cm³/mol. The lowest BCUT2D eigenvalue weighted by molar-refractivity contribution is 0.515. The first-order valence-corrected chi connectivity index (χ1v) is 5.30. The molecule has 3 N–H and O–H groups in total. The van der Waals surface area contributed by atoms with E-state index in [4.69, 9.17) is 5.84 Å². The predicted octanol–water partition coefficient (Wildman–Crippen LogP) is 2.86. The second-order valence-corrected chi connectivity index (χ2v) is 4.13. The first-order valence-electron chi connectivity index (χ1n) is 5.30. The van der Waals surface area contributed by atoms with Gasteiger partial charge in [-0.2, -0.15) is 0 Å². The van der Waals surface area contributed by atoms with Crippen LogP contribution in [0.15, 0.2) is 36.4 Å². The van der Waals surface area contributed by atoms with E-state index in [2.05, 4.69) is 43.2 Å². The quantitative estimate of drug-likeness (QED) is 0.440. The Morgan fingerprint density at radius 1 is 1.40 bits per heavy atom. The van der Waals surface area contributed by atoms with E-state index in [-0.39, 0.29) is 6.04 Å². The molecule has 0 aromatic heterocycles. The normalized spacial score (nSPS) is 12.5. The number of aryl methyl sites for hydroxylation is 1. The van der Waals surface area contributed by atoms with Gasteiger partial charge in [0.25, 0.3) is 0 Å². The van der Waals surface area contributed by atoms with Crippen LogP contribution in [0.5, 0.6) is 0 Å². The van der Waals surface area contributed by atoms with E-state index in [0.717, 1.165) is 12.8 Å². The lowest BCUT2D eigenvalue weighted by Gasteiger charge is -2.16. The van der Waals surface area contributed by atoms with E-state index in [0.29, 0.717) is 0 Å². The maximum Gasteiger partial charge on any atom is 0.0463 e. The highest BCUT2D eigenvalue weighted by atomic mass is 15.2. The van der Waals surface area contributed by atoms with Gasteiger partial charge in [0.1, 0.15) is 0 Å². The summed E-state index contributed by atoms with van der Waals surface area (Å²) in [5.74, 6) is 5.55. The molecule has 2 nitrogen and oxygen atoms in total. The van der Waals surface area contributed by atoms with E-state index in [1.165, 1.54) is 16.7 Å². The summed E-state index contributed by atoms with van der Waals surface area (Å²) in [6.07, 6.45) is 2.00. The molecule has 0 saturated heterocycles. The number of benzene rings is 1. The van der Waals surface area contributed by atoms with Crippen LogP contribution >= 0.6 is 0 Å². The Bertz CT molecular complexity index is 314. The number of hydrazine groups is 1. The zero-order chi connectivity index (χ0) is 11.3. The van der Waals surface area contributed by atoms with E-state index in [1.54, 1.807) is 0 Å². The minimum atomic E-state index is 0.224. The Kier molecular flexibility index (Phi) is 4.53. The number of rotatable bonds is 5. The first kappa shape index (κ1) is 12.0. The molecular formula is C13H20N2. The maximum absolute atomic E-state index is 5.55. The molecule has 0 bridgehead atoms. The average Bonchev–Trinajstić information content (AvgIpc) is 2.21. The average molecular weight is 204 g/mol. The van der Waals surface area contributed by atoms with Gasteiger partial charge in [-0.25, -0.2) is 0 Å². The largest absolute Gasteiger partial charge is 0.271 e. The van der Waals surface area contributed by atoms with Gasteiger partial charge in [0, 0.05) is 6.04 Å². The Balaban J connectivity index is 2.65. The lowest BCUT2D eigenvalue weighted by atomic mass is 10.00. The van der Waals surface area contributed by atoms with Crippen molar-refractivity contribution in [1.82, 2.24) is 5.43 Å². The third kappa shape index (κ3) is 3.86. The molecule has 2 heteroatoms. The molecule has 15 heavy (non-hydrogen) atoms. The van der Waals surface area contributed by atoms with Crippen LogP contribution in [0.1, 0.15) is 36.9 Å². The van der Waals surface area contributed by atoms with Crippen molar-refractivity contribution in [3.8, 4) is 0 Å². The van der Waals surface area contributed by atoms with Crippen molar-refractivity contribution in [2.45, 2.75) is 32.7 Å². The van der Waals surface area contributed by atoms with Crippen molar-refractivity contribution in [1.29, 1.82) is 0 Å². The second-order valence-electron chi connectivity index (χ2n) is 4.13. The lowest BCUT2D eigenvalue weighted by Crippen LogP contribution is -2.28. The molecule has 0 saturated carbocycles. The van der Waals surface area contributed by atoms with Crippen LogP contribution in [0.4, 0.5) is 0 Å². The Labute approximate surface area is 92.2 Å². The molecule has 0 fully saturated rings. The highest BCUT2D eigenvalue weighted by molar-refractivity contribution is 5.24. The standard InChI is InChI=1S/C13H20N2/c1-10(2)4-9-13(15-14)12-7-5-11(3)6-8-12/h5-8,13,15H,1,4,9,14H2,2-3H3. The van der Waals surface area contributed by atoms with Crippen molar-refractivity contribution in [3.05, 3.63) is 47.5 Å². The summed E-state index contributed by atoms with van der Waals surface area (Å²) < 4.78 is 0. The number of hydrogen-bond donors (Lipinski definition) is 2. The van der Waals surface area contributed by atoms with Crippen molar-refractivity contribution in [3.63, 3.8) is 0 Å². The van der Waals surface area contributed by atoms with Crippen LogP contribution in [-0.2, 0) is 0 Å². The van der Waals surface area contributed by atoms with Gasteiger partial charge in [0.05, 0.1) is 0 Å². The SMILES string of the molecule is C=C(C)CCC(NN)c1ccc(C)cc1. The van der Waals surface area contributed by atoms with Gasteiger partial charge >= 0.3 is 0 Å². The fraction of sp³-hybridized carbons (Fsp3) is 0.385. The zero-order valence-electron chi connectivity index (χ0n) is 9.59. The summed E-state index contributed by atoms with van der Waals surface area (Å²) >= 11 is 0.